The maximum Gasteiger partial charge on any atom is 0.331 e. The molecule has 7 heteroatoms. The molecule has 2 aromatic rings. The highest BCUT2D eigenvalue weighted by Crippen LogP contribution is 2.18. The monoisotopic (exact) mass is 377 g/mol. The van der Waals surface area contributed by atoms with Crippen molar-refractivity contribution >= 4 is 23.5 Å². The minimum absolute atomic E-state index is 0.133. The highest BCUT2D eigenvalue weighted by Gasteiger charge is 2.31. The summed E-state index contributed by atoms with van der Waals surface area (Å²) in [6, 6.07) is 13.8. The molecule has 2 atom stereocenters. The number of hydrogen-bond acceptors (Lipinski definition) is 5. The molecule has 26 heavy (non-hydrogen) atoms. The lowest BCUT2D eigenvalue weighted by Gasteiger charge is -2.22. The first kappa shape index (κ1) is 19.8. The van der Waals surface area contributed by atoms with E-state index in [1.165, 1.54) is 0 Å². The Bertz CT molecular complexity index is 720. The maximum atomic E-state index is 12.2. The maximum absolute atomic E-state index is 12.2. The summed E-state index contributed by atoms with van der Waals surface area (Å²) >= 11 is 5.79. The number of benzene rings is 2. The fourth-order valence-corrected chi connectivity index (χ4v) is 2.36. The average Bonchev–Trinajstić information content (AvgIpc) is 2.66. The zero-order valence-electron chi connectivity index (χ0n) is 14.2. The lowest BCUT2D eigenvalue weighted by atomic mass is 10.0. The standard InChI is InChI=1S/C19H20ClNO5/c1-2-25-19(24)17(18(23)13-6-4-3-5-7-13)21-16(22)12-26-15-10-8-14(20)9-11-15/h3-11,17-18,23H,2,12H2,1H3,(H,21,22). The molecule has 0 bridgehead atoms. The first-order valence-corrected chi connectivity index (χ1v) is 8.46. The van der Waals surface area contributed by atoms with Crippen molar-refractivity contribution in [2.45, 2.75) is 19.1 Å². The molecule has 1 amide bonds. The van der Waals surface area contributed by atoms with Gasteiger partial charge in [-0.05, 0) is 36.8 Å². The van der Waals surface area contributed by atoms with E-state index in [1.54, 1.807) is 61.5 Å². The Kier molecular flexibility index (Phi) is 7.44. The SMILES string of the molecule is CCOC(=O)C(NC(=O)COc1ccc(Cl)cc1)C(O)c1ccccc1. The molecular formula is C19H20ClNO5. The molecule has 2 N–H and O–H groups in total. The molecule has 0 radical (unpaired) electrons. The lowest BCUT2D eigenvalue weighted by molar-refractivity contribution is -0.151. The predicted octanol–water partition coefficient (Wildman–Crippen LogP) is 2.50. The average molecular weight is 378 g/mol. The summed E-state index contributed by atoms with van der Waals surface area (Å²) in [6.45, 7) is 1.46. The van der Waals surface area contributed by atoms with Gasteiger partial charge in [0.05, 0.1) is 6.61 Å². The van der Waals surface area contributed by atoms with Crippen LogP contribution in [0.5, 0.6) is 5.75 Å². The molecule has 2 aromatic carbocycles. The molecule has 0 aliphatic carbocycles. The minimum Gasteiger partial charge on any atom is -0.484 e. The first-order valence-electron chi connectivity index (χ1n) is 8.08. The largest absolute Gasteiger partial charge is 0.484 e. The van der Waals surface area contributed by atoms with Gasteiger partial charge < -0.3 is 19.9 Å². The third kappa shape index (κ3) is 5.75. The minimum atomic E-state index is -1.24. The molecule has 0 saturated heterocycles. The van der Waals surface area contributed by atoms with Crippen molar-refractivity contribution in [1.82, 2.24) is 5.32 Å². The number of aliphatic hydroxyl groups excluding tert-OH is 1. The molecule has 0 aliphatic rings. The number of carbonyl (C=O) groups is 2. The van der Waals surface area contributed by atoms with E-state index in [0.29, 0.717) is 16.3 Å². The van der Waals surface area contributed by atoms with Crippen LogP contribution in [0.4, 0.5) is 0 Å². The molecule has 0 heterocycles. The van der Waals surface area contributed by atoms with Gasteiger partial charge in [0.25, 0.3) is 5.91 Å². The number of aliphatic hydroxyl groups is 1. The summed E-state index contributed by atoms with van der Waals surface area (Å²) in [5.74, 6) is -0.822. The molecule has 6 nitrogen and oxygen atoms in total. The number of halogens is 1. The lowest BCUT2D eigenvalue weighted by Crippen LogP contribution is -2.47. The third-order valence-electron chi connectivity index (χ3n) is 3.50. The van der Waals surface area contributed by atoms with Gasteiger partial charge in [-0.25, -0.2) is 4.79 Å². The highest BCUT2D eigenvalue weighted by molar-refractivity contribution is 6.30. The van der Waals surface area contributed by atoms with Gasteiger partial charge in [0.1, 0.15) is 11.9 Å². The number of hydrogen-bond donors (Lipinski definition) is 2. The van der Waals surface area contributed by atoms with Gasteiger partial charge in [0, 0.05) is 5.02 Å². The van der Waals surface area contributed by atoms with Crippen molar-refractivity contribution in [1.29, 1.82) is 0 Å². The fourth-order valence-electron chi connectivity index (χ4n) is 2.24. The number of rotatable bonds is 8. The summed E-state index contributed by atoms with van der Waals surface area (Å²) in [5, 5.41) is 13.5. The van der Waals surface area contributed by atoms with Crippen LogP contribution in [-0.2, 0) is 14.3 Å². The van der Waals surface area contributed by atoms with Gasteiger partial charge in [-0.15, -0.1) is 0 Å². The van der Waals surface area contributed by atoms with Crippen LogP contribution in [0, 0.1) is 0 Å². The number of ether oxygens (including phenoxy) is 2. The van der Waals surface area contributed by atoms with Crippen molar-refractivity contribution in [3.63, 3.8) is 0 Å². The number of esters is 1. The summed E-state index contributed by atoms with van der Waals surface area (Å²) in [4.78, 5) is 24.3. The molecule has 138 valence electrons. The fraction of sp³-hybridized carbons (Fsp3) is 0.263. The van der Waals surface area contributed by atoms with Gasteiger partial charge in [-0.3, -0.25) is 4.79 Å². The smallest absolute Gasteiger partial charge is 0.331 e. The Hall–Kier alpha value is -2.57. The summed E-state index contributed by atoms with van der Waals surface area (Å²) < 4.78 is 10.3. The van der Waals surface area contributed by atoms with Crippen molar-refractivity contribution in [2.75, 3.05) is 13.2 Å². The zero-order valence-corrected chi connectivity index (χ0v) is 15.0. The molecule has 0 spiro atoms. The van der Waals surface area contributed by atoms with Crippen molar-refractivity contribution in [2.24, 2.45) is 0 Å². The Morgan fingerprint density at radius 1 is 1.12 bits per heavy atom. The number of carbonyl (C=O) groups excluding carboxylic acids is 2. The Labute approximate surface area is 156 Å². The van der Waals surface area contributed by atoms with Crippen LogP contribution >= 0.6 is 11.6 Å². The predicted molar refractivity (Wildman–Crippen MR) is 96.9 cm³/mol. The zero-order chi connectivity index (χ0) is 18.9. The van der Waals surface area contributed by atoms with E-state index in [9.17, 15) is 14.7 Å². The van der Waals surface area contributed by atoms with E-state index in [1.807, 2.05) is 0 Å². The normalized spacial score (nSPS) is 12.7. The number of amides is 1. The third-order valence-corrected chi connectivity index (χ3v) is 3.75. The van der Waals surface area contributed by atoms with Crippen LogP contribution in [-0.4, -0.2) is 36.2 Å². The molecule has 0 fully saturated rings. The van der Waals surface area contributed by atoms with Gasteiger partial charge in [-0.1, -0.05) is 41.9 Å². The Morgan fingerprint density at radius 2 is 1.77 bits per heavy atom. The molecule has 2 unspecified atom stereocenters. The molecule has 0 aliphatic heterocycles. The molecule has 2 rings (SSSR count). The van der Waals surface area contributed by atoms with Crippen LogP contribution in [0.25, 0.3) is 0 Å². The molecule has 0 aromatic heterocycles. The van der Waals surface area contributed by atoms with Gasteiger partial charge in [-0.2, -0.15) is 0 Å². The van der Waals surface area contributed by atoms with E-state index in [0.717, 1.165) is 0 Å². The number of nitrogens with one attached hydrogen (secondary N) is 1. The van der Waals surface area contributed by atoms with E-state index >= 15 is 0 Å². The Balaban J connectivity index is 2.02. The Morgan fingerprint density at radius 3 is 2.38 bits per heavy atom. The van der Waals surface area contributed by atoms with E-state index in [4.69, 9.17) is 21.1 Å². The van der Waals surface area contributed by atoms with Gasteiger partial charge >= 0.3 is 5.97 Å². The van der Waals surface area contributed by atoms with E-state index in [2.05, 4.69) is 5.32 Å². The summed E-state index contributed by atoms with van der Waals surface area (Å²) in [6.07, 6.45) is -1.24. The van der Waals surface area contributed by atoms with E-state index < -0.39 is 24.0 Å². The first-order chi connectivity index (χ1) is 12.5. The highest BCUT2D eigenvalue weighted by atomic mass is 35.5. The van der Waals surface area contributed by atoms with Gasteiger partial charge in [0.2, 0.25) is 0 Å². The van der Waals surface area contributed by atoms with Gasteiger partial charge in [0.15, 0.2) is 12.6 Å². The second-order valence-corrected chi connectivity index (χ2v) is 5.83. The van der Waals surface area contributed by atoms with Crippen molar-refractivity contribution in [3.05, 3.63) is 65.2 Å². The summed E-state index contributed by atoms with van der Waals surface area (Å²) in [5.41, 5.74) is 0.490. The van der Waals surface area contributed by atoms with E-state index in [-0.39, 0.29) is 13.2 Å². The van der Waals surface area contributed by atoms with Crippen LogP contribution < -0.4 is 10.1 Å². The van der Waals surface area contributed by atoms with Crippen LogP contribution in [0.3, 0.4) is 0 Å². The van der Waals surface area contributed by atoms with Crippen LogP contribution in [0.1, 0.15) is 18.6 Å². The topological polar surface area (TPSA) is 84.9 Å². The second kappa shape index (κ2) is 9.79. The van der Waals surface area contributed by atoms with Crippen molar-refractivity contribution < 1.29 is 24.2 Å². The second-order valence-electron chi connectivity index (χ2n) is 5.40. The summed E-state index contributed by atoms with van der Waals surface area (Å²) in [7, 11) is 0. The molecule has 0 saturated carbocycles. The van der Waals surface area contributed by atoms with Crippen LogP contribution in [0.2, 0.25) is 5.02 Å². The van der Waals surface area contributed by atoms with Crippen molar-refractivity contribution in [3.8, 4) is 5.75 Å². The quantitative estimate of drug-likeness (QED) is 0.690. The molecular weight excluding hydrogens is 358 g/mol. The van der Waals surface area contributed by atoms with Crippen LogP contribution in [0.15, 0.2) is 54.6 Å².